The molecule has 0 saturated carbocycles. The predicted octanol–water partition coefficient (Wildman–Crippen LogP) is 1.53. The van der Waals surface area contributed by atoms with Gasteiger partial charge in [-0.25, -0.2) is 0 Å². The number of hydrogen-bond donors (Lipinski definition) is 0. The summed E-state index contributed by atoms with van der Waals surface area (Å²) in [5.41, 5.74) is 3.51. The largest absolute Gasteiger partial charge is 0.350 e. The lowest BCUT2D eigenvalue weighted by Gasteiger charge is -2.40. The number of rotatable bonds is 2. The van der Waals surface area contributed by atoms with Gasteiger partial charge in [0.1, 0.15) is 11.6 Å². The Morgan fingerprint density at radius 1 is 1.25 bits per heavy atom. The molecule has 0 unspecified atom stereocenters. The molecule has 0 spiro atoms. The fourth-order valence-electron chi connectivity index (χ4n) is 2.38. The molecule has 1 saturated heterocycles. The second-order valence-electron chi connectivity index (χ2n) is 5.28. The van der Waals surface area contributed by atoms with Gasteiger partial charge in [-0.3, -0.25) is 4.68 Å². The van der Waals surface area contributed by atoms with Crippen LogP contribution in [0.4, 0.5) is 5.82 Å². The Kier molecular flexibility index (Phi) is 2.90. The molecule has 1 fully saturated rings. The summed E-state index contributed by atoms with van der Waals surface area (Å²) in [7, 11) is 0. The van der Waals surface area contributed by atoms with Gasteiger partial charge in [-0.1, -0.05) is 0 Å². The summed E-state index contributed by atoms with van der Waals surface area (Å²) in [6, 6.07) is 2.59. The van der Waals surface area contributed by atoms with Crippen LogP contribution in [-0.2, 0) is 0 Å². The molecular formula is C14H16N6. The van der Waals surface area contributed by atoms with E-state index in [-0.39, 0.29) is 0 Å². The third kappa shape index (κ3) is 1.92. The van der Waals surface area contributed by atoms with E-state index in [1.807, 2.05) is 37.8 Å². The number of anilines is 1. The average molecular weight is 268 g/mol. The lowest BCUT2D eigenvalue weighted by molar-refractivity contribution is 0.364. The van der Waals surface area contributed by atoms with E-state index in [1.54, 1.807) is 0 Å². The minimum Gasteiger partial charge on any atom is -0.350 e. The minimum atomic E-state index is 0.346. The molecular weight excluding hydrogens is 252 g/mol. The van der Waals surface area contributed by atoms with Crippen molar-refractivity contribution in [2.24, 2.45) is 0 Å². The highest BCUT2D eigenvalue weighted by Crippen LogP contribution is 2.29. The Morgan fingerprint density at radius 2 is 2.00 bits per heavy atom. The van der Waals surface area contributed by atoms with Crippen molar-refractivity contribution in [3.8, 4) is 6.07 Å². The van der Waals surface area contributed by atoms with Crippen LogP contribution in [0.1, 0.15) is 28.4 Å². The Labute approximate surface area is 117 Å². The number of hydrogen-bond acceptors (Lipinski definition) is 5. The molecule has 0 amide bonds. The first-order chi connectivity index (χ1) is 9.60. The molecule has 1 aliphatic rings. The molecule has 1 aliphatic heterocycles. The number of aryl methyl sites for hydroxylation is 2. The molecule has 0 aromatic carbocycles. The van der Waals surface area contributed by atoms with Gasteiger partial charge in [-0.05, 0) is 31.9 Å². The molecule has 2 aromatic heterocycles. The normalized spacial score (nSPS) is 15.0. The van der Waals surface area contributed by atoms with Gasteiger partial charge in [0.05, 0.1) is 17.9 Å². The van der Waals surface area contributed by atoms with Crippen LogP contribution in [-0.4, -0.2) is 33.1 Å². The summed E-state index contributed by atoms with van der Waals surface area (Å²) in [6.45, 7) is 7.45. The lowest BCUT2D eigenvalue weighted by Crippen LogP contribution is -2.48. The predicted molar refractivity (Wildman–Crippen MR) is 74.4 cm³/mol. The third-order valence-electron chi connectivity index (χ3n) is 3.81. The first-order valence-electron chi connectivity index (χ1n) is 6.60. The molecule has 3 rings (SSSR count). The van der Waals surface area contributed by atoms with Crippen molar-refractivity contribution in [2.45, 2.75) is 26.8 Å². The zero-order chi connectivity index (χ0) is 14.3. The quantitative estimate of drug-likeness (QED) is 0.826. The molecule has 3 heterocycles. The maximum atomic E-state index is 9.32. The fraction of sp³-hybridized carbons (Fsp3) is 0.429. The van der Waals surface area contributed by atoms with Crippen LogP contribution in [0.3, 0.4) is 0 Å². The Hall–Kier alpha value is -2.42. The molecule has 6 nitrogen and oxygen atoms in total. The van der Waals surface area contributed by atoms with Gasteiger partial charge >= 0.3 is 0 Å². The van der Waals surface area contributed by atoms with Gasteiger partial charge in [0.15, 0.2) is 5.82 Å². The van der Waals surface area contributed by atoms with Crippen molar-refractivity contribution >= 4 is 5.82 Å². The minimum absolute atomic E-state index is 0.346. The molecule has 0 N–H and O–H groups in total. The van der Waals surface area contributed by atoms with E-state index >= 15 is 0 Å². The summed E-state index contributed by atoms with van der Waals surface area (Å²) in [5.74, 6) is 0.690. The molecule has 0 atom stereocenters. The van der Waals surface area contributed by atoms with E-state index in [1.165, 1.54) is 0 Å². The van der Waals surface area contributed by atoms with E-state index in [2.05, 4.69) is 26.3 Å². The van der Waals surface area contributed by atoms with E-state index in [0.29, 0.717) is 17.4 Å². The fourth-order valence-corrected chi connectivity index (χ4v) is 2.38. The number of nitrogens with zero attached hydrogens (tertiary/aromatic N) is 6. The van der Waals surface area contributed by atoms with Gasteiger partial charge in [0.25, 0.3) is 0 Å². The van der Waals surface area contributed by atoms with Crippen LogP contribution in [0, 0.1) is 32.1 Å². The second kappa shape index (κ2) is 4.60. The second-order valence-corrected chi connectivity index (χ2v) is 5.28. The van der Waals surface area contributed by atoms with Gasteiger partial charge in [0, 0.05) is 19.3 Å². The standard InChI is InChI=1S/C14H16N6/c1-9-5-16-20(6-9)12-7-19(8-12)14-13(4-15)10(2)11(3)17-18-14/h5-6,12H,7-8H2,1-3H3. The summed E-state index contributed by atoms with van der Waals surface area (Å²) >= 11 is 0. The van der Waals surface area contributed by atoms with Crippen molar-refractivity contribution < 1.29 is 0 Å². The van der Waals surface area contributed by atoms with Crippen molar-refractivity contribution in [1.82, 2.24) is 20.0 Å². The molecule has 0 bridgehead atoms. The molecule has 0 aliphatic carbocycles. The first kappa shape index (κ1) is 12.6. The zero-order valence-electron chi connectivity index (χ0n) is 11.8. The van der Waals surface area contributed by atoms with E-state index in [0.717, 1.165) is 29.9 Å². The van der Waals surface area contributed by atoms with Crippen LogP contribution in [0.25, 0.3) is 0 Å². The summed E-state index contributed by atoms with van der Waals surface area (Å²) in [4.78, 5) is 2.08. The summed E-state index contributed by atoms with van der Waals surface area (Å²) in [5, 5.41) is 22.0. The number of nitriles is 1. The molecule has 2 aromatic rings. The zero-order valence-corrected chi connectivity index (χ0v) is 11.8. The Bertz CT molecular complexity index is 690. The van der Waals surface area contributed by atoms with Crippen molar-refractivity contribution in [1.29, 1.82) is 5.26 Å². The topological polar surface area (TPSA) is 70.6 Å². The maximum absolute atomic E-state index is 9.32. The lowest BCUT2D eigenvalue weighted by atomic mass is 10.1. The monoisotopic (exact) mass is 268 g/mol. The van der Waals surface area contributed by atoms with Crippen LogP contribution in [0.15, 0.2) is 12.4 Å². The first-order valence-corrected chi connectivity index (χ1v) is 6.60. The highest BCUT2D eigenvalue weighted by molar-refractivity contribution is 5.58. The van der Waals surface area contributed by atoms with Crippen molar-refractivity contribution in [3.05, 3.63) is 34.8 Å². The van der Waals surface area contributed by atoms with Crippen LogP contribution in [0.2, 0.25) is 0 Å². The average Bonchev–Trinajstić information content (AvgIpc) is 2.78. The number of aromatic nitrogens is 4. The van der Waals surface area contributed by atoms with E-state index in [9.17, 15) is 5.26 Å². The highest BCUT2D eigenvalue weighted by atomic mass is 15.4. The molecule has 6 heteroatoms. The van der Waals surface area contributed by atoms with Crippen LogP contribution < -0.4 is 4.90 Å². The van der Waals surface area contributed by atoms with Crippen molar-refractivity contribution in [3.63, 3.8) is 0 Å². The third-order valence-corrected chi connectivity index (χ3v) is 3.81. The summed E-state index contributed by atoms with van der Waals surface area (Å²) < 4.78 is 1.98. The Morgan fingerprint density at radius 3 is 2.60 bits per heavy atom. The molecule has 0 radical (unpaired) electrons. The Balaban J connectivity index is 1.81. The van der Waals surface area contributed by atoms with E-state index in [4.69, 9.17) is 0 Å². The van der Waals surface area contributed by atoms with Crippen LogP contribution in [0.5, 0.6) is 0 Å². The van der Waals surface area contributed by atoms with Gasteiger partial charge in [-0.15, -0.1) is 5.10 Å². The maximum Gasteiger partial charge on any atom is 0.169 e. The van der Waals surface area contributed by atoms with Gasteiger partial charge in [0.2, 0.25) is 0 Å². The van der Waals surface area contributed by atoms with E-state index < -0.39 is 0 Å². The smallest absolute Gasteiger partial charge is 0.169 e. The SMILES string of the molecule is Cc1cnn(C2CN(c3nnc(C)c(C)c3C#N)C2)c1. The van der Waals surface area contributed by atoms with Crippen molar-refractivity contribution in [2.75, 3.05) is 18.0 Å². The van der Waals surface area contributed by atoms with Gasteiger partial charge in [-0.2, -0.15) is 15.5 Å². The molecule has 102 valence electrons. The van der Waals surface area contributed by atoms with Crippen LogP contribution >= 0.6 is 0 Å². The molecule has 20 heavy (non-hydrogen) atoms. The van der Waals surface area contributed by atoms with Gasteiger partial charge < -0.3 is 4.90 Å². The summed E-state index contributed by atoms with van der Waals surface area (Å²) in [6.07, 6.45) is 3.90. The highest BCUT2D eigenvalue weighted by Gasteiger charge is 2.32.